The summed E-state index contributed by atoms with van der Waals surface area (Å²) < 4.78 is 5.28. The summed E-state index contributed by atoms with van der Waals surface area (Å²) in [6.45, 7) is 3.64. The van der Waals surface area contributed by atoms with Gasteiger partial charge in [0.15, 0.2) is 5.69 Å². The number of aryl methyl sites for hydroxylation is 2. The Hall–Kier alpha value is -2.60. The Balaban J connectivity index is 1.85. The molecule has 1 heterocycles. The van der Waals surface area contributed by atoms with Crippen LogP contribution in [0, 0.1) is 24.0 Å². The molecular weight excluding hydrogens is 348 g/mol. The monoisotopic (exact) mass is 368 g/mol. The minimum absolute atomic E-state index is 0.0116. The summed E-state index contributed by atoms with van der Waals surface area (Å²) in [5.74, 6) is 1.15. The van der Waals surface area contributed by atoms with Crippen LogP contribution in [-0.2, 0) is 12.2 Å². The lowest BCUT2D eigenvalue weighted by molar-refractivity contribution is -0.386. The van der Waals surface area contributed by atoms with Crippen LogP contribution in [0.3, 0.4) is 0 Å². The molecule has 0 aliphatic rings. The highest BCUT2D eigenvalue weighted by molar-refractivity contribution is 7.98. The number of hydrogen-bond acceptors (Lipinski definition) is 5. The van der Waals surface area contributed by atoms with Gasteiger partial charge in [-0.3, -0.25) is 10.1 Å². The smallest absolute Gasteiger partial charge is 0.334 e. The zero-order valence-corrected chi connectivity index (χ0v) is 15.5. The van der Waals surface area contributed by atoms with Gasteiger partial charge in [-0.1, -0.05) is 65.3 Å². The van der Waals surface area contributed by atoms with Gasteiger partial charge in [0.05, 0.1) is 4.92 Å². The number of nitro groups is 1. The van der Waals surface area contributed by atoms with E-state index in [1.54, 1.807) is 18.7 Å². The maximum Gasteiger partial charge on any atom is 0.334 e. The lowest BCUT2D eigenvalue weighted by atomic mass is 10.1. The van der Waals surface area contributed by atoms with Crippen molar-refractivity contribution in [3.8, 4) is 0 Å². The van der Waals surface area contributed by atoms with Crippen LogP contribution in [0.2, 0.25) is 0 Å². The Bertz CT molecular complexity index is 876. The quantitative estimate of drug-likeness (QED) is 0.411. The van der Waals surface area contributed by atoms with Crippen molar-refractivity contribution < 1.29 is 9.45 Å². The van der Waals surface area contributed by atoms with E-state index < -0.39 is 4.92 Å². The topological polar surface area (TPSA) is 69.2 Å². The molecular formula is C20H20N2O3S. The van der Waals surface area contributed by atoms with Crippen LogP contribution in [0.15, 0.2) is 59.1 Å². The van der Waals surface area contributed by atoms with Crippen molar-refractivity contribution in [2.75, 3.05) is 0 Å². The highest BCUT2D eigenvalue weighted by atomic mass is 32.2. The standard InChI is InChI=1S/C20H20N2O3S/c1-14-8-10-17(11-9-14)19(26-13-16-6-4-3-5-7-16)12-18-20(22(23)24)15(2)21-25-18/h3-11,19H,12-13H2,1-2H3. The van der Waals surface area contributed by atoms with Crippen LogP contribution in [0.4, 0.5) is 5.69 Å². The predicted octanol–water partition coefficient (Wildman–Crippen LogP) is 5.42. The Morgan fingerprint density at radius 3 is 2.46 bits per heavy atom. The molecule has 0 N–H and O–H groups in total. The van der Waals surface area contributed by atoms with Crippen LogP contribution in [0.1, 0.15) is 33.4 Å². The molecule has 5 nitrogen and oxygen atoms in total. The fourth-order valence-corrected chi connectivity index (χ4v) is 3.98. The predicted molar refractivity (Wildman–Crippen MR) is 103 cm³/mol. The van der Waals surface area contributed by atoms with E-state index in [1.165, 1.54) is 11.1 Å². The van der Waals surface area contributed by atoms with E-state index in [1.807, 2.05) is 25.1 Å². The zero-order valence-electron chi connectivity index (χ0n) is 14.7. The summed E-state index contributed by atoms with van der Waals surface area (Å²) in [7, 11) is 0. The number of nitrogens with zero attached hydrogens (tertiary/aromatic N) is 2. The van der Waals surface area contributed by atoms with E-state index >= 15 is 0 Å². The Kier molecular flexibility index (Phi) is 5.73. The Morgan fingerprint density at radius 2 is 1.81 bits per heavy atom. The average molecular weight is 368 g/mol. The first-order chi connectivity index (χ1) is 12.5. The highest BCUT2D eigenvalue weighted by Gasteiger charge is 2.27. The van der Waals surface area contributed by atoms with Crippen LogP contribution in [0.5, 0.6) is 0 Å². The molecule has 1 aromatic heterocycles. The van der Waals surface area contributed by atoms with Crippen LogP contribution < -0.4 is 0 Å². The first-order valence-corrected chi connectivity index (χ1v) is 9.41. The molecule has 1 unspecified atom stereocenters. The molecule has 0 spiro atoms. The van der Waals surface area contributed by atoms with Crippen molar-refractivity contribution in [2.45, 2.75) is 31.3 Å². The van der Waals surface area contributed by atoms with Gasteiger partial charge in [-0.05, 0) is 25.0 Å². The largest absolute Gasteiger partial charge is 0.354 e. The van der Waals surface area contributed by atoms with Crippen molar-refractivity contribution in [3.63, 3.8) is 0 Å². The van der Waals surface area contributed by atoms with Crippen molar-refractivity contribution in [3.05, 3.63) is 92.9 Å². The summed E-state index contributed by atoms with van der Waals surface area (Å²) in [6.07, 6.45) is 0.428. The number of aromatic nitrogens is 1. The number of rotatable bonds is 7. The first-order valence-electron chi connectivity index (χ1n) is 8.36. The molecule has 0 bridgehead atoms. The van der Waals surface area contributed by atoms with Crippen LogP contribution >= 0.6 is 11.8 Å². The van der Waals surface area contributed by atoms with Gasteiger partial charge in [0.1, 0.15) is 0 Å². The molecule has 1 atom stereocenters. The Labute approximate surface area is 156 Å². The van der Waals surface area contributed by atoms with Crippen LogP contribution in [0.25, 0.3) is 0 Å². The first kappa shape index (κ1) is 18.2. The van der Waals surface area contributed by atoms with Gasteiger partial charge < -0.3 is 4.52 Å². The molecule has 0 amide bonds. The summed E-state index contributed by atoms with van der Waals surface area (Å²) in [5.41, 5.74) is 3.84. The summed E-state index contributed by atoms with van der Waals surface area (Å²) in [6, 6.07) is 18.5. The number of benzene rings is 2. The molecule has 6 heteroatoms. The molecule has 3 aromatic rings. The van der Waals surface area contributed by atoms with E-state index in [2.05, 4.69) is 41.6 Å². The van der Waals surface area contributed by atoms with Gasteiger partial charge in [0, 0.05) is 17.4 Å². The lowest BCUT2D eigenvalue weighted by Crippen LogP contribution is -2.02. The molecule has 2 aromatic carbocycles. The van der Waals surface area contributed by atoms with E-state index in [-0.39, 0.29) is 10.9 Å². The van der Waals surface area contributed by atoms with Crippen molar-refractivity contribution in [1.29, 1.82) is 0 Å². The number of hydrogen-bond donors (Lipinski definition) is 0. The zero-order chi connectivity index (χ0) is 18.5. The normalized spacial score (nSPS) is 12.1. The maximum absolute atomic E-state index is 11.3. The second kappa shape index (κ2) is 8.19. The third kappa shape index (κ3) is 4.32. The SMILES string of the molecule is Cc1ccc(C(Cc2onc(C)c2[N+](=O)[O-])SCc2ccccc2)cc1. The molecule has 134 valence electrons. The van der Waals surface area contributed by atoms with Crippen molar-refractivity contribution >= 4 is 17.4 Å². The fraction of sp³-hybridized carbons (Fsp3) is 0.250. The summed E-state index contributed by atoms with van der Waals surface area (Å²) in [5, 5.41) is 15.2. The molecule has 0 aliphatic carbocycles. The van der Waals surface area contributed by atoms with Gasteiger partial charge in [0.2, 0.25) is 5.76 Å². The number of thioether (sulfide) groups is 1. The molecule has 3 rings (SSSR count). The van der Waals surface area contributed by atoms with Crippen molar-refractivity contribution in [1.82, 2.24) is 5.16 Å². The second-order valence-corrected chi connectivity index (χ2v) is 7.39. The van der Waals surface area contributed by atoms with Gasteiger partial charge in [-0.25, -0.2) is 0 Å². The van der Waals surface area contributed by atoms with Gasteiger partial charge in [0.25, 0.3) is 0 Å². The molecule has 26 heavy (non-hydrogen) atoms. The fourth-order valence-electron chi connectivity index (χ4n) is 2.77. The molecule has 0 saturated carbocycles. The van der Waals surface area contributed by atoms with E-state index in [0.717, 1.165) is 11.3 Å². The Morgan fingerprint density at radius 1 is 1.12 bits per heavy atom. The second-order valence-electron chi connectivity index (χ2n) is 6.20. The minimum Gasteiger partial charge on any atom is -0.354 e. The van der Waals surface area contributed by atoms with Gasteiger partial charge in [-0.15, -0.1) is 11.8 Å². The van der Waals surface area contributed by atoms with Gasteiger partial charge >= 0.3 is 5.69 Å². The summed E-state index contributed by atoms with van der Waals surface area (Å²) in [4.78, 5) is 10.9. The van der Waals surface area contributed by atoms with Crippen LogP contribution in [-0.4, -0.2) is 10.1 Å². The average Bonchev–Trinajstić information content (AvgIpc) is 3.01. The third-order valence-electron chi connectivity index (χ3n) is 4.20. The maximum atomic E-state index is 11.3. The highest BCUT2D eigenvalue weighted by Crippen LogP contribution is 2.37. The molecule has 0 aliphatic heterocycles. The van der Waals surface area contributed by atoms with E-state index in [4.69, 9.17) is 4.52 Å². The minimum atomic E-state index is -0.408. The van der Waals surface area contributed by atoms with E-state index in [9.17, 15) is 10.1 Å². The van der Waals surface area contributed by atoms with E-state index in [0.29, 0.717) is 17.9 Å². The third-order valence-corrected chi connectivity index (χ3v) is 5.54. The summed E-state index contributed by atoms with van der Waals surface area (Å²) >= 11 is 1.75. The lowest BCUT2D eigenvalue weighted by Gasteiger charge is -2.16. The molecule has 0 saturated heterocycles. The van der Waals surface area contributed by atoms with Crippen molar-refractivity contribution in [2.24, 2.45) is 0 Å². The molecule has 0 fully saturated rings. The molecule has 0 radical (unpaired) electrons. The van der Waals surface area contributed by atoms with Gasteiger partial charge in [-0.2, -0.15) is 0 Å².